The fraction of sp³-hybridized carbons (Fsp3) is 0.368. The molecule has 0 aromatic heterocycles. The molecule has 112 valence electrons. The Balaban J connectivity index is 2.22. The van der Waals surface area contributed by atoms with Crippen molar-refractivity contribution in [1.29, 1.82) is 0 Å². The normalized spacial score (nSPS) is 12.6. The highest BCUT2D eigenvalue weighted by molar-refractivity contribution is 7.99. The molecule has 2 aromatic rings. The summed E-state index contributed by atoms with van der Waals surface area (Å²) in [5.74, 6) is 1.70. The van der Waals surface area contributed by atoms with Crippen LogP contribution in [0.25, 0.3) is 0 Å². The maximum atomic E-state index is 3.43. The van der Waals surface area contributed by atoms with E-state index in [0.29, 0.717) is 5.92 Å². The molecule has 1 N–H and O–H groups in total. The highest BCUT2D eigenvalue weighted by Crippen LogP contribution is 2.26. The monoisotopic (exact) mass is 299 g/mol. The van der Waals surface area contributed by atoms with E-state index in [0.717, 1.165) is 5.75 Å². The Labute approximate surface area is 133 Å². The van der Waals surface area contributed by atoms with Gasteiger partial charge in [0.1, 0.15) is 0 Å². The van der Waals surface area contributed by atoms with Crippen LogP contribution < -0.4 is 5.32 Å². The molecule has 1 unspecified atom stereocenters. The molecule has 1 atom stereocenters. The maximum absolute atomic E-state index is 3.43. The van der Waals surface area contributed by atoms with E-state index >= 15 is 0 Å². The Kier molecular flexibility index (Phi) is 5.89. The minimum atomic E-state index is 0.256. The summed E-state index contributed by atoms with van der Waals surface area (Å²) in [7, 11) is 2.02. The third-order valence-electron chi connectivity index (χ3n) is 3.75. The molecule has 2 heteroatoms. The summed E-state index contributed by atoms with van der Waals surface area (Å²) in [6.07, 6.45) is 0. The van der Waals surface area contributed by atoms with Gasteiger partial charge in [-0.3, -0.25) is 0 Å². The van der Waals surface area contributed by atoms with Crippen molar-refractivity contribution in [3.05, 3.63) is 65.2 Å². The van der Waals surface area contributed by atoms with Crippen LogP contribution in [0.15, 0.2) is 53.4 Å². The minimum absolute atomic E-state index is 0.256. The molecule has 0 fully saturated rings. The largest absolute Gasteiger partial charge is 0.309 e. The molecule has 21 heavy (non-hydrogen) atoms. The zero-order chi connectivity index (χ0) is 15.2. The first-order valence-corrected chi connectivity index (χ1v) is 8.64. The lowest BCUT2D eigenvalue weighted by Gasteiger charge is -2.18. The van der Waals surface area contributed by atoms with Crippen LogP contribution in [0.1, 0.15) is 49.4 Å². The SMILES string of the molecule is CCSc1ccc(C(NC)c2ccc(C(C)C)cc2)cc1. The Morgan fingerprint density at radius 3 is 1.76 bits per heavy atom. The number of nitrogens with one attached hydrogen (secondary N) is 1. The van der Waals surface area contributed by atoms with Gasteiger partial charge >= 0.3 is 0 Å². The number of hydrogen-bond acceptors (Lipinski definition) is 2. The van der Waals surface area contributed by atoms with Crippen molar-refractivity contribution in [2.24, 2.45) is 0 Å². The molecule has 2 aromatic carbocycles. The van der Waals surface area contributed by atoms with Crippen molar-refractivity contribution >= 4 is 11.8 Å². The number of rotatable bonds is 6. The molecule has 0 radical (unpaired) electrons. The van der Waals surface area contributed by atoms with Gasteiger partial charge in [0.05, 0.1) is 6.04 Å². The quantitative estimate of drug-likeness (QED) is 0.733. The molecule has 0 aliphatic carbocycles. The molecule has 0 amide bonds. The van der Waals surface area contributed by atoms with Crippen molar-refractivity contribution in [3.8, 4) is 0 Å². The summed E-state index contributed by atoms with van der Waals surface area (Å²) in [4.78, 5) is 1.34. The summed E-state index contributed by atoms with van der Waals surface area (Å²) in [6.45, 7) is 6.65. The van der Waals surface area contributed by atoms with Crippen molar-refractivity contribution in [2.75, 3.05) is 12.8 Å². The van der Waals surface area contributed by atoms with E-state index in [1.165, 1.54) is 21.6 Å². The topological polar surface area (TPSA) is 12.0 Å². The summed E-state index contributed by atoms with van der Waals surface area (Å²) in [5, 5.41) is 3.43. The molecule has 0 saturated carbocycles. The first-order chi connectivity index (χ1) is 10.2. The maximum Gasteiger partial charge on any atom is 0.0574 e. The molecule has 1 nitrogen and oxygen atoms in total. The van der Waals surface area contributed by atoms with E-state index in [-0.39, 0.29) is 6.04 Å². The van der Waals surface area contributed by atoms with E-state index in [9.17, 15) is 0 Å². The third-order valence-corrected chi connectivity index (χ3v) is 4.64. The Morgan fingerprint density at radius 2 is 1.33 bits per heavy atom. The van der Waals surface area contributed by atoms with Gasteiger partial charge < -0.3 is 5.32 Å². The van der Waals surface area contributed by atoms with Crippen LogP contribution in [-0.4, -0.2) is 12.8 Å². The van der Waals surface area contributed by atoms with Gasteiger partial charge in [0.2, 0.25) is 0 Å². The van der Waals surface area contributed by atoms with Crippen LogP contribution in [0, 0.1) is 0 Å². The lowest BCUT2D eigenvalue weighted by atomic mass is 9.95. The van der Waals surface area contributed by atoms with E-state index in [1.807, 2.05) is 18.8 Å². The molecular weight excluding hydrogens is 274 g/mol. The highest BCUT2D eigenvalue weighted by Gasteiger charge is 2.12. The predicted octanol–water partition coefficient (Wildman–Crippen LogP) is 5.23. The summed E-state index contributed by atoms with van der Waals surface area (Å²) < 4.78 is 0. The second kappa shape index (κ2) is 7.67. The van der Waals surface area contributed by atoms with Gasteiger partial charge in [0.25, 0.3) is 0 Å². The van der Waals surface area contributed by atoms with Gasteiger partial charge in [-0.05, 0) is 47.5 Å². The van der Waals surface area contributed by atoms with Crippen molar-refractivity contribution in [2.45, 2.75) is 37.6 Å². The first-order valence-electron chi connectivity index (χ1n) is 7.65. The van der Waals surface area contributed by atoms with Gasteiger partial charge in [0.15, 0.2) is 0 Å². The van der Waals surface area contributed by atoms with E-state index in [4.69, 9.17) is 0 Å². The van der Waals surface area contributed by atoms with E-state index in [1.54, 1.807) is 0 Å². The Bertz CT molecular complexity index is 543. The third kappa shape index (κ3) is 4.12. The van der Waals surface area contributed by atoms with Gasteiger partial charge in [-0.1, -0.05) is 57.2 Å². The predicted molar refractivity (Wildman–Crippen MR) is 94.3 cm³/mol. The Hall–Kier alpha value is -1.25. The molecule has 0 spiro atoms. The van der Waals surface area contributed by atoms with Crippen molar-refractivity contribution in [1.82, 2.24) is 5.32 Å². The number of hydrogen-bond donors (Lipinski definition) is 1. The summed E-state index contributed by atoms with van der Waals surface area (Å²) in [6, 6.07) is 18.1. The van der Waals surface area contributed by atoms with Gasteiger partial charge in [-0.2, -0.15) is 0 Å². The van der Waals surface area contributed by atoms with Crippen molar-refractivity contribution < 1.29 is 0 Å². The Morgan fingerprint density at radius 1 is 0.857 bits per heavy atom. The molecule has 0 heterocycles. The van der Waals surface area contributed by atoms with Gasteiger partial charge in [-0.15, -0.1) is 11.8 Å². The fourth-order valence-electron chi connectivity index (χ4n) is 2.52. The molecule has 0 saturated heterocycles. The second-order valence-corrected chi connectivity index (χ2v) is 6.88. The molecule has 0 bridgehead atoms. The fourth-order valence-corrected chi connectivity index (χ4v) is 3.18. The van der Waals surface area contributed by atoms with Crippen LogP contribution in [0.4, 0.5) is 0 Å². The minimum Gasteiger partial charge on any atom is -0.309 e. The van der Waals surface area contributed by atoms with Crippen LogP contribution in [0.2, 0.25) is 0 Å². The summed E-state index contributed by atoms with van der Waals surface area (Å²) in [5.41, 5.74) is 4.02. The average Bonchev–Trinajstić information content (AvgIpc) is 2.50. The molecular formula is C19H25NS. The summed E-state index contributed by atoms with van der Waals surface area (Å²) >= 11 is 1.88. The molecule has 2 rings (SSSR count). The van der Waals surface area contributed by atoms with E-state index in [2.05, 4.69) is 74.6 Å². The van der Waals surface area contributed by atoms with Gasteiger partial charge in [-0.25, -0.2) is 0 Å². The van der Waals surface area contributed by atoms with Crippen LogP contribution in [0.3, 0.4) is 0 Å². The van der Waals surface area contributed by atoms with Crippen LogP contribution in [0.5, 0.6) is 0 Å². The van der Waals surface area contributed by atoms with Crippen LogP contribution >= 0.6 is 11.8 Å². The highest BCUT2D eigenvalue weighted by atomic mass is 32.2. The smallest absolute Gasteiger partial charge is 0.0574 e. The van der Waals surface area contributed by atoms with Crippen LogP contribution in [-0.2, 0) is 0 Å². The van der Waals surface area contributed by atoms with E-state index < -0.39 is 0 Å². The lowest BCUT2D eigenvalue weighted by molar-refractivity contribution is 0.690. The van der Waals surface area contributed by atoms with Gasteiger partial charge in [0, 0.05) is 4.90 Å². The second-order valence-electron chi connectivity index (χ2n) is 5.55. The molecule has 0 aliphatic heterocycles. The zero-order valence-corrected chi connectivity index (χ0v) is 14.2. The zero-order valence-electron chi connectivity index (χ0n) is 13.4. The number of benzene rings is 2. The lowest BCUT2D eigenvalue weighted by Crippen LogP contribution is -2.17. The average molecular weight is 299 g/mol. The number of thioether (sulfide) groups is 1. The van der Waals surface area contributed by atoms with Crippen molar-refractivity contribution in [3.63, 3.8) is 0 Å². The molecule has 0 aliphatic rings. The standard InChI is InChI=1S/C19H25NS/c1-5-21-18-12-10-17(11-13-18)19(20-4)16-8-6-15(7-9-16)14(2)3/h6-14,19-20H,5H2,1-4H3. The first kappa shape index (κ1) is 16.1.